The van der Waals surface area contributed by atoms with E-state index in [1.54, 1.807) is 0 Å². The Hall–Kier alpha value is -0.610. The lowest BCUT2D eigenvalue weighted by molar-refractivity contribution is 0.190. The quantitative estimate of drug-likeness (QED) is 0.910. The monoisotopic (exact) mass is 279 g/mol. The zero-order chi connectivity index (χ0) is 13.2. The van der Waals surface area contributed by atoms with Crippen LogP contribution in [0.4, 0.5) is 0 Å². The maximum atomic E-state index is 6.45. The van der Waals surface area contributed by atoms with Gasteiger partial charge in [-0.2, -0.15) is 0 Å². The van der Waals surface area contributed by atoms with Crippen LogP contribution in [0.5, 0.6) is 0 Å². The number of piperazine rings is 1. The number of benzene rings is 1. The average Bonchev–Trinajstić information content (AvgIpc) is 2.37. The van der Waals surface area contributed by atoms with Crippen LogP contribution in [0.1, 0.15) is 17.0 Å². The van der Waals surface area contributed by atoms with Crippen molar-refractivity contribution in [3.05, 3.63) is 34.3 Å². The third-order valence-electron chi connectivity index (χ3n) is 4.18. The van der Waals surface area contributed by atoms with Crippen molar-refractivity contribution in [1.29, 1.82) is 0 Å². The van der Waals surface area contributed by atoms with Crippen LogP contribution < -0.4 is 5.32 Å². The molecule has 0 unspecified atom stereocenters. The predicted molar refractivity (Wildman–Crippen MR) is 79.8 cm³/mol. The molecule has 0 amide bonds. The molecule has 0 spiro atoms. The lowest BCUT2D eigenvalue weighted by atomic mass is 9.91. The van der Waals surface area contributed by atoms with Gasteiger partial charge in [0.1, 0.15) is 0 Å². The van der Waals surface area contributed by atoms with Gasteiger partial charge >= 0.3 is 0 Å². The topological polar surface area (TPSA) is 18.5 Å². The first-order chi connectivity index (χ1) is 9.22. The molecule has 4 heteroatoms. The molecule has 2 saturated heterocycles. The fraction of sp³-hybridized carbons (Fsp3) is 0.600. The van der Waals surface area contributed by atoms with Gasteiger partial charge in [-0.25, -0.2) is 0 Å². The molecule has 1 aromatic carbocycles. The average molecular weight is 280 g/mol. The van der Waals surface area contributed by atoms with Crippen LogP contribution in [0.25, 0.3) is 0 Å². The minimum atomic E-state index is 0.630. The van der Waals surface area contributed by atoms with Crippen molar-refractivity contribution in [3.8, 4) is 0 Å². The van der Waals surface area contributed by atoms with Crippen molar-refractivity contribution in [1.82, 2.24) is 15.1 Å². The fourth-order valence-corrected chi connectivity index (χ4v) is 3.38. The van der Waals surface area contributed by atoms with Crippen molar-refractivity contribution in [3.63, 3.8) is 0 Å². The van der Waals surface area contributed by atoms with Crippen LogP contribution in [-0.2, 0) is 6.54 Å². The molecule has 2 aliphatic heterocycles. The van der Waals surface area contributed by atoms with E-state index in [0.29, 0.717) is 5.92 Å². The van der Waals surface area contributed by atoms with Gasteiger partial charge in [-0.3, -0.25) is 4.90 Å². The van der Waals surface area contributed by atoms with Gasteiger partial charge < -0.3 is 10.2 Å². The van der Waals surface area contributed by atoms with Crippen molar-refractivity contribution in [2.24, 2.45) is 0 Å². The zero-order valence-electron chi connectivity index (χ0n) is 11.5. The summed E-state index contributed by atoms with van der Waals surface area (Å²) >= 11 is 6.45. The van der Waals surface area contributed by atoms with E-state index in [1.165, 1.54) is 11.1 Å². The van der Waals surface area contributed by atoms with E-state index in [-0.39, 0.29) is 0 Å². The van der Waals surface area contributed by atoms with Gasteiger partial charge in [0, 0.05) is 56.8 Å². The maximum Gasteiger partial charge on any atom is 0.0445 e. The molecule has 1 aromatic rings. The fourth-order valence-electron chi connectivity index (χ4n) is 3.02. The molecular weight excluding hydrogens is 258 g/mol. The van der Waals surface area contributed by atoms with E-state index in [9.17, 15) is 0 Å². The van der Waals surface area contributed by atoms with Gasteiger partial charge in [-0.1, -0.05) is 23.7 Å². The van der Waals surface area contributed by atoms with Gasteiger partial charge in [-0.05, 0) is 24.2 Å². The molecule has 3 rings (SSSR count). The first-order valence-corrected chi connectivity index (χ1v) is 7.50. The second-order valence-electron chi connectivity index (χ2n) is 5.80. The molecule has 3 nitrogen and oxygen atoms in total. The molecule has 19 heavy (non-hydrogen) atoms. The molecule has 0 atom stereocenters. The lowest BCUT2D eigenvalue weighted by Gasteiger charge is -2.37. The second-order valence-corrected chi connectivity index (χ2v) is 6.21. The van der Waals surface area contributed by atoms with E-state index in [0.717, 1.165) is 50.8 Å². The molecule has 0 bridgehead atoms. The van der Waals surface area contributed by atoms with Crippen molar-refractivity contribution in [2.75, 3.05) is 46.3 Å². The molecule has 2 heterocycles. The largest absolute Gasteiger partial charge is 0.314 e. The Balaban J connectivity index is 1.65. The van der Waals surface area contributed by atoms with Crippen LogP contribution in [-0.4, -0.2) is 56.1 Å². The number of likely N-dealkylation sites (N-methyl/N-ethyl adjacent to an activating group) is 1. The minimum Gasteiger partial charge on any atom is -0.314 e. The van der Waals surface area contributed by atoms with Crippen molar-refractivity contribution < 1.29 is 0 Å². The Kier molecular flexibility index (Phi) is 4.08. The molecule has 0 aromatic heterocycles. The minimum absolute atomic E-state index is 0.630. The summed E-state index contributed by atoms with van der Waals surface area (Å²) in [5, 5.41) is 4.33. The van der Waals surface area contributed by atoms with Crippen molar-refractivity contribution >= 4 is 11.6 Å². The number of nitrogens with zero attached hydrogens (tertiary/aromatic N) is 2. The highest BCUT2D eigenvalue weighted by atomic mass is 35.5. The van der Waals surface area contributed by atoms with Crippen molar-refractivity contribution in [2.45, 2.75) is 12.5 Å². The Labute approximate surface area is 120 Å². The Morgan fingerprint density at radius 3 is 2.63 bits per heavy atom. The normalized spacial score (nSPS) is 22.4. The van der Waals surface area contributed by atoms with E-state index in [4.69, 9.17) is 11.6 Å². The van der Waals surface area contributed by atoms with Gasteiger partial charge in [0.15, 0.2) is 0 Å². The molecule has 2 fully saturated rings. The van der Waals surface area contributed by atoms with Crippen LogP contribution in [0.2, 0.25) is 5.02 Å². The number of hydrogen-bond acceptors (Lipinski definition) is 3. The third kappa shape index (κ3) is 3.11. The zero-order valence-corrected chi connectivity index (χ0v) is 12.3. The summed E-state index contributed by atoms with van der Waals surface area (Å²) in [4.78, 5) is 4.81. The Morgan fingerprint density at radius 1 is 1.26 bits per heavy atom. The summed E-state index contributed by atoms with van der Waals surface area (Å²) in [6.45, 7) is 7.75. The predicted octanol–water partition coefficient (Wildman–Crippen LogP) is 1.77. The SMILES string of the molecule is CN1CC(c2ccc(CN3CCNCC3)cc2Cl)C1. The summed E-state index contributed by atoms with van der Waals surface area (Å²) < 4.78 is 0. The highest BCUT2D eigenvalue weighted by Gasteiger charge is 2.26. The number of hydrogen-bond donors (Lipinski definition) is 1. The van der Waals surface area contributed by atoms with Gasteiger partial charge in [0.05, 0.1) is 0 Å². The van der Waals surface area contributed by atoms with E-state index in [1.807, 2.05) is 0 Å². The van der Waals surface area contributed by atoms with Crippen LogP contribution in [0.3, 0.4) is 0 Å². The molecule has 2 aliphatic rings. The lowest BCUT2D eigenvalue weighted by Crippen LogP contribution is -2.43. The molecule has 1 N–H and O–H groups in total. The summed E-state index contributed by atoms with van der Waals surface area (Å²) in [6, 6.07) is 6.65. The standard InChI is InChI=1S/C15H22ClN3/c1-18-10-13(11-18)14-3-2-12(8-15(14)16)9-19-6-4-17-5-7-19/h2-3,8,13,17H,4-7,9-11H2,1H3. The molecule has 0 radical (unpaired) electrons. The first-order valence-electron chi connectivity index (χ1n) is 7.12. The number of likely N-dealkylation sites (tertiary alicyclic amines) is 1. The van der Waals surface area contributed by atoms with Crippen LogP contribution in [0.15, 0.2) is 18.2 Å². The number of nitrogens with one attached hydrogen (secondary N) is 1. The summed E-state index contributed by atoms with van der Waals surface area (Å²) in [7, 11) is 2.16. The smallest absolute Gasteiger partial charge is 0.0445 e. The van der Waals surface area contributed by atoms with E-state index in [2.05, 4.69) is 40.4 Å². The van der Waals surface area contributed by atoms with Gasteiger partial charge in [0.25, 0.3) is 0 Å². The molecule has 104 valence electrons. The third-order valence-corrected chi connectivity index (χ3v) is 4.51. The maximum absolute atomic E-state index is 6.45. The Morgan fingerprint density at radius 2 is 2.00 bits per heavy atom. The highest BCUT2D eigenvalue weighted by Crippen LogP contribution is 2.31. The first kappa shape index (κ1) is 13.4. The molecule has 0 saturated carbocycles. The van der Waals surface area contributed by atoms with E-state index >= 15 is 0 Å². The summed E-state index contributed by atoms with van der Waals surface area (Å²) in [5.41, 5.74) is 2.66. The van der Waals surface area contributed by atoms with Gasteiger partial charge in [0.2, 0.25) is 0 Å². The molecular formula is C15H22ClN3. The number of halogens is 1. The second kappa shape index (κ2) is 5.80. The van der Waals surface area contributed by atoms with Crippen LogP contribution in [0, 0.1) is 0 Å². The van der Waals surface area contributed by atoms with Gasteiger partial charge in [-0.15, -0.1) is 0 Å². The Bertz CT molecular complexity index is 437. The number of rotatable bonds is 3. The van der Waals surface area contributed by atoms with E-state index < -0.39 is 0 Å². The summed E-state index contributed by atoms with van der Waals surface area (Å²) in [6.07, 6.45) is 0. The highest BCUT2D eigenvalue weighted by molar-refractivity contribution is 6.31. The summed E-state index contributed by atoms with van der Waals surface area (Å²) in [5.74, 6) is 0.630. The van der Waals surface area contributed by atoms with Crippen LogP contribution >= 0.6 is 11.6 Å². The molecule has 0 aliphatic carbocycles.